The SMILES string of the molecule is C=CCOS(=O)(=O)O.c1ccc2[nH]cnc2c1. The monoisotopic (exact) mass is 256 g/mol. The van der Waals surface area contributed by atoms with E-state index in [1.54, 1.807) is 6.33 Å². The molecule has 2 aromatic rings. The second kappa shape index (κ2) is 6.14. The van der Waals surface area contributed by atoms with Gasteiger partial charge in [0.05, 0.1) is 24.0 Å². The Morgan fingerprint density at radius 1 is 1.47 bits per heavy atom. The lowest BCUT2D eigenvalue weighted by Gasteiger charge is -1.90. The van der Waals surface area contributed by atoms with Crippen LogP contribution >= 0.6 is 0 Å². The smallest absolute Gasteiger partial charge is 0.345 e. The van der Waals surface area contributed by atoms with Crippen molar-refractivity contribution in [1.29, 1.82) is 0 Å². The molecule has 6 nitrogen and oxygen atoms in total. The molecule has 0 saturated carbocycles. The van der Waals surface area contributed by atoms with Crippen molar-refractivity contribution in [2.45, 2.75) is 0 Å². The summed E-state index contributed by atoms with van der Waals surface area (Å²) in [5.41, 5.74) is 2.12. The summed E-state index contributed by atoms with van der Waals surface area (Å²) in [4.78, 5) is 7.07. The molecular formula is C10H12N2O4S. The zero-order valence-electron chi connectivity index (χ0n) is 8.91. The molecule has 1 aromatic carbocycles. The van der Waals surface area contributed by atoms with Gasteiger partial charge >= 0.3 is 10.4 Å². The number of fused-ring (bicyclic) bond motifs is 1. The first-order chi connectivity index (χ1) is 8.03. The maximum atomic E-state index is 9.68. The van der Waals surface area contributed by atoms with Crippen molar-refractivity contribution in [2.75, 3.05) is 6.61 Å². The lowest BCUT2D eigenvalue weighted by Crippen LogP contribution is -2.02. The Morgan fingerprint density at radius 3 is 2.71 bits per heavy atom. The molecule has 2 N–H and O–H groups in total. The summed E-state index contributed by atoms with van der Waals surface area (Å²) in [7, 11) is -4.26. The zero-order valence-corrected chi connectivity index (χ0v) is 9.72. The summed E-state index contributed by atoms with van der Waals surface area (Å²) in [6.07, 6.45) is 2.92. The van der Waals surface area contributed by atoms with Crippen molar-refractivity contribution in [2.24, 2.45) is 0 Å². The number of H-pyrrole nitrogens is 1. The quantitative estimate of drug-likeness (QED) is 0.642. The molecule has 0 unspecified atom stereocenters. The average Bonchev–Trinajstić information content (AvgIpc) is 2.74. The fraction of sp³-hybridized carbons (Fsp3) is 0.100. The van der Waals surface area contributed by atoms with E-state index in [2.05, 4.69) is 20.7 Å². The van der Waals surface area contributed by atoms with Gasteiger partial charge in [0.25, 0.3) is 0 Å². The summed E-state index contributed by atoms with van der Waals surface area (Å²) in [5, 5.41) is 0. The summed E-state index contributed by atoms with van der Waals surface area (Å²) in [5.74, 6) is 0. The Labute approximate surface area is 98.9 Å². The van der Waals surface area contributed by atoms with E-state index in [0.29, 0.717) is 0 Å². The molecule has 0 fully saturated rings. The van der Waals surface area contributed by atoms with E-state index < -0.39 is 10.4 Å². The van der Waals surface area contributed by atoms with E-state index in [4.69, 9.17) is 4.55 Å². The van der Waals surface area contributed by atoms with Crippen LogP contribution in [0.25, 0.3) is 11.0 Å². The van der Waals surface area contributed by atoms with Crippen molar-refractivity contribution in [3.63, 3.8) is 0 Å². The van der Waals surface area contributed by atoms with E-state index in [9.17, 15) is 8.42 Å². The highest BCUT2D eigenvalue weighted by atomic mass is 32.3. The predicted molar refractivity (Wildman–Crippen MR) is 63.8 cm³/mol. The maximum Gasteiger partial charge on any atom is 0.397 e. The lowest BCUT2D eigenvalue weighted by molar-refractivity contribution is 0.296. The van der Waals surface area contributed by atoms with Crippen molar-refractivity contribution >= 4 is 21.4 Å². The Kier molecular flexibility index (Phi) is 4.83. The van der Waals surface area contributed by atoms with Crippen LogP contribution in [-0.2, 0) is 14.6 Å². The summed E-state index contributed by atoms with van der Waals surface area (Å²) >= 11 is 0. The first-order valence-corrected chi connectivity index (χ1v) is 6.00. The van der Waals surface area contributed by atoms with Crippen LogP contribution in [0.4, 0.5) is 0 Å². The number of nitrogens with one attached hydrogen (secondary N) is 1. The van der Waals surface area contributed by atoms with Crippen LogP contribution in [-0.4, -0.2) is 29.5 Å². The third-order valence-corrected chi connectivity index (χ3v) is 2.10. The fourth-order valence-electron chi connectivity index (χ4n) is 1.01. The topological polar surface area (TPSA) is 92.3 Å². The number of para-hydroxylation sites is 2. The minimum atomic E-state index is -4.26. The summed E-state index contributed by atoms with van der Waals surface area (Å²) in [6.45, 7) is 2.97. The van der Waals surface area contributed by atoms with E-state index in [1.807, 2.05) is 24.3 Å². The molecular weight excluding hydrogens is 244 g/mol. The highest BCUT2D eigenvalue weighted by molar-refractivity contribution is 7.80. The molecule has 0 bridgehead atoms. The van der Waals surface area contributed by atoms with Gasteiger partial charge in [-0.15, -0.1) is 6.58 Å². The second-order valence-electron chi connectivity index (χ2n) is 2.92. The van der Waals surface area contributed by atoms with Gasteiger partial charge in [0.15, 0.2) is 0 Å². The molecule has 0 atom stereocenters. The normalized spacial score (nSPS) is 10.6. The van der Waals surface area contributed by atoms with Gasteiger partial charge in [0.2, 0.25) is 0 Å². The van der Waals surface area contributed by atoms with E-state index in [-0.39, 0.29) is 6.61 Å². The fourth-order valence-corrected chi connectivity index (χ4v) is 1.28. The van der Waals surface area contributed by atoms with E-state index in [0.717, 1.165) is 11.0 Å². The lowest BCUT2D eigenvalue weighted by atomic mass is 10.3. The van der Waals surface area contributed by atoms with Gasteiger partial charge in [-0.3, -0.25) is 4.55 Å². The van der Waals surface area contributed by atoms with Gasteiger partial charge in [0.1, 0.15) is 0 Å². The molecule has 1 heterocycles. The van der Waals surface area contributed by atoms with Crippen LogP contribution in [0.15, 0.2) is 43.2 Å². The highest BCUT2D eigenvalue weighted by Crippen LogP contribution is 2.05. The van der Waals surface area contributed by atoms with Gasteiger partial charge in [-0.25, -0.2) is 9.17 Å². The van der Waals surface area contributed by atoms with Crippen LogP contribution in [0.3, 0.4) is 0 Å². The van der Waals surface area contributed by atoms with Crippen molar-refractivity contribution in [3.8, 4) is 0 Å². The third-order valence-electron chi connectivity index (χ3n) is 1.66. The molecule has 7 heteroatoms. The Hall–Kier alpha value is -1.70. The summed E-state index contributed by atoms with van der Waals surface area (Å²) in [6, 6.07) is 7.94. The number of benzene rings is 1. The number of hydrogen-bond donors (Lipinski definition) is 2. The molecule has 17 heavy (non-hydrogen) atoms. The Balaban J connectivity index is 0.000000172. The zero-order chi connectivity index (χ0) is 12.7. The largest absolute Gasteiger partial charge is 0.397 e. The van der Waals surface area contributed by atoms with E-state index >= 15 is 0 Å². The molecule has 0 aliphatic heterocycles. The number of imidazole rings is 1. The van der Waals surface area contributed by atoms with Gasteiger partial charge in [-0.05, 0) is 12.1 Å². The molecule has 0 amide bonds. The molecule has 0 aliphatic rings. The second-order valence-corrected chi connectivity index (χ2v) is 4.01. The number of nitrogens with zero attached hydrogens (tertiary/aromatic N) is 1. The predicted octanol–water partition coefficient (Wildman–Crippen LogP) is 1.55. The van der Waals surface area contributed by atoms with Crippen LogP contribution < -0.4 is 0 Å². The highest BCUT2D eigenvalue weighted by Gasteiger charge is 1.99. The third kappa shape index (κ3) is 5.25. The Bertz CT molecular complexity index is 547. The minimum Gasteiger partial charge on any atom is -0.345 e. The average molecular weight is 256 g/mol. The number of aromatic amines is 1. The molecule has 0 radical (unpaired) electrons. The molecule has 0 spiro atoms. The van der Waals surface area contributed by atoms with Gasteiger partial charge < -0.3 is 4.98 Å². The summed E-state index contributed by atoms with van der Waals surface area (Å²) < 4.78 is 31.0. The first kappa shape index (κ1) is 13.4. The molecule has 0 saturated heterocycles. The Morgan fingerprint density at radius 2 is 2.18 bits per heavy atom. The number of rotatable bonds is 3. The van der Waals surface area contributed by atoms with Crippen molar-refractivity contribution in [1.82, 2.24) is 9.97 Å². The van der Waals surface area contributed by atoms with Gasteiger partial charge in [0, 0.05) is 0 Å². The number of hydrogen-bond acceptors (Lipinski definition) is 4. The van der Waals surface area contributed by atoms with Crippen molar-refractivity contribution < 1.29 is 17.2 Å². The van der Waals surface area contributed by atoms with Crippen LogP contribution in [0, 0.1) is 0 Å². The van der Waals surface area contributed by atoms with Gasteiger partial charge in [-0.2, -0.15) is 8.42 Å². The van der Waals surface area contributed by atoms with Gasteiger partial charge in [-0.1, -0.05) is 18.2 Å². The van der Waals surface area contributed by atoms with E-state index in [1.165, 1.54) is 6.08 Å². The molecule has 2 rings (SSSR count). The number of aromatic nitrogens is 2. The van der Waals surface area contributed by atoms with Crippen molar-refractivity contribution in [3.05, 3.63) is 43.2 Å². The first-order valence-electron chi connectivity index (χ1n) is 4.64. The van der Waals surface area contributed by atoms with Crippen LogP contribution in [0.1, 0.15) is 0 Å². The standard InChI is InChI=1S/C7H6N2.C3H6O4S/c1-2-4-7-6(3-1)8-5-9-7;1-2-3-7-8(4,5)6/h1-5H,(H,8,9);2H,1,3H2,(H,4,5,6). The van der Waals surface area contributed by atoms with Crippen LogP contribution in [0.5, 0.6) is 0 Å². The van der Waals surface area contributed by atoms with Crippen LogP contribution in [0.2, 0.25) is 0 Å². The molecule has 0 aliphatic carbocycles. The minimum absolute atomic E-state index is 0.196. The molecule has 92 valence electrons. The maximum absolute atomic E-state index is 9.68. The molecule has 1 aromatic heterocycles.